The van der Waals surface area contributed by atoms with Gasteiger partial charge in [0.15, 0.2) is 0 Å². The lowest BCUT2D eigenvalue weighted by Gasteiger charge is -2.09. The van der Waals surface area contributed by atoms with E-state index in [2.05, 4.69) is 0 Å². The van der Waals surface area contributed by atoms with Crippen LogP contribution in [0.5, 0.6) is 0 Å². The predicted molar refractivity (Wildman–Crippen MR) is 80.7 cm³/mol. The van der Waals surface area contributed by atoms with E-state index in [-0.39, 0.29) is 0 Å². The molecule has 18 heavy (non-hydrogen) atoms. The lowest BCUT2D eigenvalue weighted by Crippen LogP contribution is -1.91. The Kier molecular flexibility index (Phi) is 3.83. The summed E-state index contributed by atoms with van der Waals surface area (Å²) in [5.74, 6) is 0. The van der Waals surface area contributed by atoms with Gasteiger partial charge in [-0.2, -0.15) is 0 Å². The summed E-state index contributed by atoms with van der Waals surface area (Å²) in [4.78, 5) is 0. The molecule has 0 aliphatic rings. The average molecular weight is 322 g/mol. The summed E-state index contributed by atoms with van der Waals surface area (Å²) in [5, 5.41) is 1.51. The highest BCUT2D eigenvalue weighted by atomic mass is 35.5. The van der Waals surface area contributed by atoms with Gasteiger partial charge < -0.3 is 11.5 Å². The van der Waals surface area contributed by atoms with Crippen LogP contribution in [0, 0.1) is 0 Å². The molecule has 0 heterocycles. The van der Waals surface area contributed by atoms with E-state index in [1.165, 1.54) is 0 Å². The SMILES string of the molecule is Nc1c(Cl)cc(-c2cc(Cl)c(N)c(Cl)c2)cc1Cl. The molecule has 2 aromatic rings. The third kappa shape index (κ3) is 2.47. The quantitative estimate of drug-likeness (QED) is 0.715. The van der Waals surface area contributed by atoms with Crippen molar-refractivity contribution in [2.24, 2.45) is 0 Å². The van der Waals surface area contributed by atoms with Gasteiger partial charge >= 0.3 is 0 Å². The van der Waals surface area contributed by atoms with Crippen molar-refractivity contribution in [2.75, 3.05) is 11.5 Å². The highest BCUT2D eigenvalue weighted by molar-refractivity contribution is 6.40. The molecule has 0 unspecified atom stereocenters. The fourth-order valence-electron chi connectivity index (χ4n) is 1.50. The molecule has 0 saturated heterocycles. The first-order valence-electron chi connectivity index (χ1n) is 4.89. The van der Waals surface area contributed by atoms with Crippen LogP contribution in [0.25, 0.3) is 11.1 Å². The molecular formula is C12H8Cl4N2. The molecule has 94 valence electrons. The summed E-state index contributed by atoms with van der Waals surface area (Å²) in [6.07, 6.45) is 0. The van der Waals surface area contributed by atoms with Crippen LogP contribution in [-0.2, 0) is 0 Å². The summed E-state index contributed by atoms with van der Waals surface area (Å²) in [6, 6.07) is 6.78. The van der Waals surface area contributed by atoms with Crippen LogP contribution in [0.1, 0.15) is 0 Å². The second kappa shape index (κ2) is 5.06. The fraction of sp³-hybridized carbons (Fsp3) is 0. The van der Waals surface area contributed by atoms with Gasteiger partial charge in [0.1, 0.15) is 0 Å². The summed E-state index contributed by atoms with van der Waals surface area (Å²) in [6.45, 7) is 0. The van der Waals surface area contributed by atoms with Crippen molar-refractivity contribution in [1.82, 2.24) is 0 Å². The summed E-state index contributed by atoms with van der Waals surface area (Å²) >= 11 is 23.9. The lowest BCUT2D eigenvalue weighted by molar-refractivity contribution is 1.60. The van der Waals surface area contributed by atoms with Crippen molar-refractivity contribution >= 4 is 57.8 Å². The van der Waals surface area contributed by atoms with E-state index in [4.69, 9.17) is 57.9 Å². The minimum absolute atomic E-state index is 0.342. The molecule has 4 N–H and O–H groups in total. The molecule has 6 heteroatoms. The molecule has 0 bridgehead atoms. The lowest BCUT2D eigenvalue weighted by atomic mass is 10.0. The molecule has 0 spiro atoms. The molecule has 0 aliphatic carbocycles. The van der Waals surface area contributed by atoms with E-state index < -0.39 is 0 Å². The fourth-order valence-corrected chi connectivity index (χ4v) is 2.48. The van der Waals surface area contributed by atoms with Crippen LogP contribution in [0.4, 0.5) is 11.4 Å². The van der Waals surface area contributed by atoms with Crippen molar-refractivity contribution in [3.8, 4) is 11.1 Å². The Morgan fingerprint density at radius 2 is 0.778 bits per heavy atom. The minimum atomic E-state index is 0.342. The standard InChI is InChI=1S/C12H8Cl4N2/c13-7-1-5(2-8(14)11(7)17)6-3-9(15)12(18)10(16)4-6/h1-4H,17-18H2. The summed E-state index contributed by atoms with van der Waals surface area (Å²) < 4.78 is 0. The summed E-state index contributed by atoms with van der Waals surface area (Å²) in [5.41, 5.74) is 13.6. The third-order valence-corrected chi connectivity index (χ3v) is 3.74. The Balaban J connectivity index is 2.63. The largest absolute Gasteiger partial charge is 0.396 e. The topological polar surface area (TPSA) is 52.0 Å². The van der Waals surface area contributed by atoms with E-state index in [0.29, 0.717) is 31.5 Å². The number of hydrogen-bond acceptors (Lipinski definition) is 2. The molecule has 0 atom stereocenters. The van der Waals surface area contributed by atoms with Crippen LogP contribution in [0.2, 0.25) is 20.1 Å². The molecule has 0 radical (unpaired) electrons. The zero-order valence-electron chi connectivity index (χ0n) is 8.98. The Labute approximate surface area is 124 Å². The molecule has 0 fully saturated rings. The van der Waals surface area contributed by atoms with Crippen LogP contribution in [0.3, 0.4) is 0 Å². The summed E-state index contributed by atoms with van der Waals surface area (Å²) in [7, 11) is 0. The van der Waals surface area contributed by atoms with Crippen LogP contribution in [-0.4, -0.2) is 0 Å². The number of anilines is 2. The van der Waals surface area contributed by atoms with Gasteiger partial charge in [-0.15, -0.1) is 0 Å². The molecule has 0 aliphatic heterocycles. The van der Waals surface area contributed by atoms with Gasteiger partial charge in [-0.25, -0.2) is 0 Å². The van der Waals surface area contributed by atoms with Gasteiger partial charge in [0.2, 0.25) is 0 Å². The highest BCUT2D eigenvalue weighted by Crippen LogP contribution is 2.37. The second-order valence-electron chi connectivity index (χ2n) is 3.71. The zero-order valence-corrected chi connectivity index (χ0v) is 12.0. The first-order chi connectivity index (χ1) is 8.40. The van der Waals surface area contributed by atoms with Crippen molar-refractivity contribution in [1.29, 1.82) is 0 Å². The van der Waals surface area contributed by atoms with E-state index in [1.807, 2.05) is 0 Å². The molecule has 2 nitrogen and oxygen atoms in total. The van der Waals surface area contributed by atoms with Crippen LogP contribution in [0.15, 0.2) is 24.3 Å². The molecule has 0 aromatic heterocycles. The Morgan fingerprint density at radius 1 is 0.556 bits per heavy atom. The smallest absolute Gasteiger partial charge is 0.0693 e. The molecule has 0 saturated carbocycles. The van der Waals surface area contributed by atoms with E-state index in [9.17, 15) is 0 Å². The normalized spacial score (nSPS) is 10.7. The van der Waals surface area contributed by atoms with E-state index in [0.717, 1.165) is 11.1 Å². The van der Waals surface area contributed by atoms with Gasteiger partial charge in [-0.3, -0.25) is 0 Å². The van der Waals surface area contributed by atoms with Crippen molar-refractivity contribution in [3.63, 3.8) is 0 Å². The second-order valence-corrected chi connectivity index (χ2v) is 5.34. The van der Waals surface area contributed by atoms with Gasteiger partial charge in [0.05, 0.1) is 31.5 Å². The molecule has 0 amide bonds. The number of benzene rings is 2. The first-order valence-corrected chi connectivity index (χ1v) is 6.40. The molecule has 2 aromatic carbocycles. The van der Waals surface area contributed by atoms with Crippen LogP contribution >= 0.6 is 46.4 Å². The van der Waals surface area contributed by atoms with Crippen molar-refractivity contribution < 1.29 is 0 Å². The number of rotatable bonds is 1. The monoisotopic (exact) mass is 320 g/mol. The maximum atomic E-state index is 5.98. The number of hydrogen-bond donors (Lipinski definition) is 2. The van der Waals surface area contributed by atoms with Crippen LogP contribution < -0.4 is 11.5 Å². The molecule has 2 rings (SSSR count). The van der Waals surface area contributed by atoms with Crippen molar-refractivity contribution in [3.05, 3.63) is 44.4 Å². The molecular weight excluding hydrogens is 314 g/mol. The number of halogens is 4. The predicted octanol–water partition coefficient (Wildman–Crippen LogP) is 5.13. The maximum Gasteiger partial charge on any atom is 0.0693 e. The zero-order chi connectivity index (χ0) is 13.4. The minimum Gasteiger partial charge on any atom is -0.396 e. The Hall–Kier alpha value is -0.800. The van der Waals surface area contributed by atoms with Gasteiger partial charge in [-0.05, 0) is 35.4 Å². The number of nitrogens with two attached hydrogens (primary N) is 2. The third-order valence-electron chi connectivity index (χ3n) is 2.49. The average Bonchev–Trinajstić information content (AvgIpc) is 2.31. The van der Waals surface area contributed by atoms with Crippen molar-refractivity contribution in [2.45, 2.75) is 0 Å². The van der Waals surface area contributed by atoms with Gasteiger partial charge in [-0.1, -0.05) is 46.4 Å². The first kappa shape index (κ1) is 13.6. The number of nitrogen functional groups attached to an aromatic ring is 2. The van der Waals surface area contributed by atoms with E-state index >= 15 is 0 Å². The highest BCUT2D eigenvalue weighted by Gasteiger charge is 2.10. The van der Waals surface area contributed by atoms with Gasteiger partial charge in [0, 0.05) is 0 Å². The Morgan fingerprint density at radius 3 is 1.00 bits per heavy atom. The Bertz CT molecular complexity index is 524. The van der Waals surface area contributed by atoms with Gasteiger partial charge in [0.25, 0.3) is 0 Å². The van der Waals surface area contributed by atoms with E-state index in [1.54, 1.807) is 24.3 Å². The maximum absolute atomic E-state index is 5.98.